The molecule has 2 aliphatic rings. The Morgan fingerprint density at radius 2 is 1.97 bits per heavy atom. The van der Waals surface area contributed by atoms with Crippen molar-refractivity contribution in [2.24, 2.45) is 10.8 Å². The molecule has 0 aromatic carbocycles. The molecule has 0 amide bonds. The predicted molar refractivity (Wildman–Crippen MR) is 140 cm³/mol. The van der Waals surface area contributed by atoms with Crippen molar-refractivity contribution in [1.29, 1.82) is 0 Å². The lowest BCUT2D eigenvalue weighted by Gasteiger charge is -2.28. The van der Waals surface area contributed by atoms with Crippen LogP contribution in [0.5, 0.6) is 0 Å². The molecule has 14 nitrogen and oxygen atoms in total. The highest BCUT2D eigenvalue weighted by Gasteiger charge is 2.79. The number of aliphatic hydroxyl groups is 2. The molecule has 2 unspecified atom stereocenters. The first-order valence-electron chi connectivity index (χ1n) is 12.4. The van der Waals surface area contributed by atoms with E-state index >= 15 is 0 Å². The Labute approximate surface area is 229 Å². The lowest BCUT2D eigenvalue weighted by Crippen LogP contribution is -2.41. The standard InChI is InChI=1S/C23H36N3O11PS/c1-12(2)35-19(30)13(3)25-38(33,34-9-10-39-20(31)22(4,5)6)37-17-16-23(17,11-27)15(29)18(36-16)26-8-7-14(28)24-21(26)32/h7-8,12-13,15-18,27,29H,9-11H2,1-6H3,(H,25,33)(H,24,28,32)/t13-,15-,16+,17?,18+,23+,38?/m0/s1. The van der Waals surface area contributed by atoms with Gasteiger partial charge in [0.25, 0.3) is 5.56 Å². The quantitative estimate of drug-likeness (QED) is 0.149. The lowest BCUT2D eigenvalue weighted by molar-refractivity contribution is -0.149. The highest BCUT2D eigenvalue weighted by atomic mass is 32.2. The van der Waals surface area contributed by atoms with E-state index in [9.17, 15) is 34.0 Å². The van der Waals surface area contributed by atoms with Crippen molar-refractivity contribution >= 4 is 30.6 Å². The number of H-pyrrole nitrogens is 1. The molecule has 16 heteroatoms. The van der Waals surface area contributed by atoms with Crippen molar-refractivity contribution in [3.63, 3.8) is 0 Å². The van der Waals surface area contributed by atoms with Gasteiger partial charge in [-0.15, -0.1) is 0 Å². The van der Waals surface area contributed by atoms with Gasteiger partial charge < -0.3 is 19.7 Å². The van der Waals surface area contributed by atoms with E-state index in [1.807, 2.05) is 0 Å². The molecule has 0 bridgehead atoms. The minimum Gasteiger partial charge on any atom is -0.462 e. The topological polar surface area (TPSA) is 195 Å². The second kappa shape index (κ2) is 12.0. The SMILES string of the molecule is CC(C)OC(=O)[C@H](C)NP(=O)(OCCSC(=O)C(C)(C)C)OC1[C@H]2O[C@@H](n3ccc(=O)[nH]c3=O)[C@H](O)[C@@]12CO. The third-order valence-electron chi connectivity index (χ3n) is 6.23. The Morgan fingerprint density at radius 3 is 2.51 bits per heavy atom. The summed E-state index contributed by atoms with van der Waals surface area (Å²) in [5, 5.41) is 23.6. The number of nitrogens with one attached hydrogen (secondary N) is 2. The number of hydrogen-bond donors (Lipinski definition) is 4. The van der Waals surface area contributed by atoms with Gasteiger partial charge in [0.15, 0.2) is 11.3 Å². The molecule has 0 spiro atoms. The van der Waals surface area contributed by atoms with Crippen LogP contribution in [0.25, 0.3) is 0 Å². The highest BCUT2D eigenvalue weighted by molar-refractivity contribution is 8.13. The lowest BCUT2D eigenvalue weighted by atomic mass is 9.99. The van der Waals surface area contributed by atoms with Gasteiger partial charge in [-0.1, -0.05) is 32.5 Å². The zero-order chi connectivity index (χ0) is 29.3. The number of esters is 1. The summed E-state index contributed by atoms with van der Waals surface area (Å²) in [6.07, 6.45) is -4.15. The second-order valence-corrected chi connectivity index (χ2v) is 13.5. The minimum absolute atomic E-state index is 0.0975. The van der Waals surface area contributed by atoms with Crippen molar-refractivity contribution < 1.29 is 42.9 Å². The average Bonchev–Trinajstić information content (AvgIpc) is 3.31. The fourth-order valence-electron chi connectivity index (χ4n) is 4.07. The molecule has 39 heavy (non-hydrogen) atoms. The summed E-state index contributed by atoms with van der Waals surface area (Å²) >= 11 is 0.991. The number of aromatic amines is 1. The third kappa shape index (κ3) is 6.91. The highest BCUT2D eigenvalue weighted by Crippen LogP contribution is 2.66. The summed E-state index contributed by atoms with van der Waals surface area (Å²) in [6.45, 7) is 9.16. The summed E-state index contributed by atoms with van der Waals surface area (Å²) in [7, 11) is -4.30. The van der Waals surface area contributed by atoms with Crippen LogP contribution in [0.1, 0.15) is 47.8 Å². The molecule has 0 radical (unpaired) electrons. The fourth-order valence-corrected chi connectivity index (χ4v) is 6.69. The van der Waals surface area contributed by atoms with Crippen LogP contribution < -0.4 is 16.3 Å². The number of aromatic nitrogens is 2. The molecule has 1 saturated heterocycles. The van der Waals surface area contributed by atoms with Crippen molar-refractivity contribution in [2.45, 2.75) is 78.2 Å². The van der Waals surface area contributed by atoms with Gasteiger partial charge in [-0.25, -0.2) is 14.4 Å². The molecule has 1 saturated carbocycles. The molecule has 4 N–H and O–H groups in total. The Bertz CT molecular complexity index is 1230. The van der Waals surface area contributed by atoms with E-state index in [2.05, 4.69) is 10.1 Å². The zero-order valence-electron chi connectivity index (χ0n) is 22.6. The maximum absolute atomic E-state index is 13.8. The fraction of sp³-hybridized carbons (Fsp3) is 0.739. The first-order chi connectivity index (χ1) is 18.1. The normalized spacial score (nSPS) is 28.5. The van der Waals surface area contributed by atoms with Gasteiger partial charge in [0.2, 0.25) is 0 Å². The Kier molecular flexibility index (Phi) is 9.71. The minimum atomic E-state index is -4.30. The Hall–Kier alpha value is -1.84. The van der Waals surface area contributed by atoms with Crippen LogP contribution in [0.15, 0.2) is 21.9 Å². The van der Waals surface area contributed by atoms with Crippen LogP contribution in [0.2, 0.25) is 0 Å². The van der Waals surface area contributed by atoms with Crippen molar-refractivity contribution in [3.8, 4) is 0 Å². The molecule has 1 aliphatic carbocycles. The van der Waals surface area contributed by atoms with Crippen molar-refractivity contribution in [3.05, 3.63) is 33.1 Å². The largest absolute Gasteiger partial charge is 0.462 e. The number of carbonyl (C=O) groups is 2. The number of aliphatic hydroxyl groups excluding tert-OH is 2. The van der Waals surface area contributed by atoms with Crippen LogP contribution in [0.4, 0.5) is 0 Å². The smallest absolute Gasteiger partial charge is 0.406 e. The summed E-state index contributed by atoms with van der Waals surface area (Å²) in [6, 6.07) is -0.0448. The number of thioether (sulfide) groups is 1. The molecule has 1 aromatic rings. The van der Waals surface area contributed by atoms with Gasteiger partial charge in [-0.05, 0) is 20.8 Å². The van der Waals surface area contributed by atoms with E-state index in [0.29, 0.717) is 0 Å². The molecule has 2 fully saturated rings. The van der Waals surface area contributed by atoms with E-state index in [1.165, 1.54) is 6.92 Å². The van der Waals surface area contributed by atoms with Crippen LogP contribution in [-0.2, 0) is 32.7 Å². The average molecular weight is 594 g/mol. The van der Waals surface area contributed by atoms with Crippen molar-refractivity contribution in [1.82, 2.24) is 14.6 Å². The van der Waals surface area contributed by atoms with Gasteiger partial charge in [-0.3, -0.25) is 33.0 Å². The van der Waals surface area contributed by atoms with E-state index in [4.69, 9.17) is 18.5 Å². The molecular formula is C23H36N3O11PS. The van der Waals surface area contributed by atoms with Crippen LogP contribution in [0.3, 0.4) is 0 Å². The van der Waals surface area contributed by atoms with Crippen LogP contribution in [0, 0.1) is 10.8 Å². The summed E-state index contributed by atoms with van der Waals surface area (Å²) in [5.74, 6) is -0.567. The Morgan fingerprint density at radius 1 is 1.31 bits per heavy atom. The first-order valence-corrected chi connectivity index (χ1v) is 14.9. The van der Waals surface area contributed by atoms with Gasteiger partial charge in [0.05, 0.1) is 24.7 Å². The molecule has 1 aliphatic heterocycles. The number of fused-ring (bicyclic) bond motifs is 1. The maximum Gasteiger partial charge on any atom is 0.406 e. The summed E-state index contributed by atoms with van der Waals surface area (Å²) in [4.78, 5) is 50.2. The number of nitrogens with zero attached hydrogens (tertiary/aromatic N) is 1. The zero-order valence-corrected chi connectivity index (χ0v) is 24.3. The maximum atomic E-state index is 13.8. The number of carbonyl (C=O) groups excluding carboxylic acids is 2. The molecule has 220 valence electrons. The van der Waals surface area contributed by atoms with E-state index in [1.54, 1.807) is 34.6 Å². The molecule has 7 atom stereocenters. The van der Waals surface area contributed by atoms with E-state index in [0.717, 1.165) is 28.6 Å². The van der Waals surface area contributed by atoms with Gasteiger partial charge in [-0.2, -0.15) is 0 Å². The predicted octanol–water partition coefficient (Wildman–Crippen LogP) is 0.533. The number of ether oxygens (including phenoxy) is 2. The second-order valence-electron chi connectivity index (χ2n) is 10.8. The summed E-state index contributed by atoms with van der Waals surface area (Å²) in [5.41, 5.74) is -3.51. The Balaban J connectivity index is 1.75. The van der Waals surface area contributed by atoms with Crippen LogP contribution >= 0.6 is 19.5 Å². The number of rotatable bonds is 12. The van der Waals surface area contributed by atoms with E-state index < -0.39 is 79.1 Å². The van der Waals surface area contributed by atoms with Crippen LogP contribution in [-0.4, -0.2) is 80.3 Å². The van der Waals surface area contributed by atoms with Gasteiger partial charge in [0.1, 0.15) is 24.4 Å². The van der Waals surface area contributed by atoms with Gasteiger partial charge >= 0.3 is 19.4 Å². The number of hydrogen-bond acceptors (Lipinski definition) is 12. The first kappa shape index (κ1) is 31.7. The molecule has 3 rings (SSSR count). The molecular weight excluding hydrogens is 557 g/mol. The third-order valence-corrected chi connectivity index (χ3v) is 9.21. The molecule has 2 heterocycles. The molecule has 1 aromatic heterocycles. The monoisotopic (exact) mass is 593 g/mol. The van der Waals surface area contributed by atoms with Crippen molar-refractivity contribution in [2.75, 3.05) is 19.0 Å². The van der Waals surface area contributed by atoms with Gasteiger partial charge in [0, 0.05) is 23.4 Å². The summed E-state index contributed by atoms with van der Waals surface area (Å²) < 4.78 is 36.9. The van der Waals surface area contributed by atoms with E-state index in [-0.39, 0.29) is 17.5 Å².